The van der Waals surface area contributed by atoms with E-state index in [0.29, 0.717) is 11.1 Å². The van der Waals surface area contributed by atoms with E-state index in [1.165, 1.54) is 0 Å². The summed E-state index contributed by atoms with van der Waals surface area (Å²) in [5.41, 5.74) is 0.662. The fourth-order valence-electron chi connectivity index (χ4n) is 3.64. The van der Waals surface area contributed by atoms with Crippen molar-refractivity contribution < 1.29 is 30.0 Å². The summed E-state index contributed by atoms with van der Waals surface area (Å²) in [6, 6.07) is 16.6. The molecule has 2 rings (SSSR count). The second-order valence-corrected chi connectivity index (χ2v) is 7.96. The third-order valence-electron chi connectivity index (χ3n) is 5.37. The lowest BCUT2D eigenvalue weighted by Crippen LogP contribution is -2.33. The zero-order valence-corrected chi connectivity index (χ0v) is 20.2. The molecule has 4 atom stereocenters. The van der Waals surface area contributed by atoms with Gasteiger partial charge in [-0.05, 0) is 62.3 Å². The van der Waals surface area contributed by atoms with Gasteiger partial charge in [0.05, 0.1) is 23.3 Å². The van der Waals surface area contributed by atoms with E-state index in [1.807, 2.05) is 13.8 Å². The van der Waals surface area contributed by atoms with Crippen molar-refractivity contribution in [3.05, 3.63) is 71.8 Å². The predicted octanol–water partition coefficient (Wildman–Crippen LogP) is 5.74. The van der Waals surface area contributed by atoms with E-state index in [-0.39, 0.29) is 24.0 Å². The molecule has 184 valence electrons. The van der Waals surface area contributed by atoms with Gasteiger partial charge in [-0.15, -0.1) is 0 Å². The summed E-state index contributed by atoms with van der Waals surface area (Å²) in [7, 11) is 0. The third kappa shape index (κ3) is 12.8. The summed E-state index contributed by atoms with van der Waals surface area (Å²) in [6.45, 7) is 8.14. The number of carboxylic acids is 2. The molecule has 0 bridgehead atoms. The van der Waals surface area contributed by atoms with Gasteiger partial charge in [0.1, 0.15) is 0 Å². The molecule has 0 saturated heterocycles. The first-order chi connectivity index (χ1) is 15.7. The van der Waals surface area contributed by atoms with Crippen LogP contribution in [0.3, 0.4) is 0 Å². The van der Waals surface area contributed by atoms with Crippen molar-refractivity contribution in [3.8, 4) is 0 Å². The molecule has 0 aromatic heterocycles. The van der Waals surface area contributed by atoms with Gasteiger partial charge in [0.2, 0.25) is 0 Å². The normalized spacial score (nSPS) is 13.8. The van der Waals surface area contributed by atoms with E-state index in [0.717, 1.165) is 32.1 Å². The highest BCUT2D eigenvalue weighted by Gasteiger charge is 2.29. The van der Waals surface area contributed by atoms with Gasteiger partial charge in [-0.25, -0.2) is 9.59 Å². The van der Waals surface area contributed by atoms with Crippen molar-refractivity contribution in [2.45, 2.75) is 72.0 Å². The van der Waals surface area contributed by atoms with Crippen molar-refractivity contribution in [2.75, 3.05) is 0 Å². The molecule has 0 radical (unpaired) electrons. The Hall–Kier alpha value is -2.70. The standard InChI is InChI=1S/C13H28O2.2C7H6O2/c1-5-8-11(10(4)14)12(9-6-2)13(15)7-3;2*8-7(9)6-4-2-1-3-5-6/h10-15H,5-9H2,1-4H3;2*1-5H,(H,8,9). The Bertz CT molecular complexity index is 711. The Morgan fingerprint density at radius 1 is 0.697 bits per heavy atom. The van der Waals surface area contributed by atoms with Crippen molar-refractivity contribution in [1.82, 2.24) is 0 Å². The van der Waals surface area contributed by atoms with Crippen LogP contribution in [0.4, 0.5) is 0 Å². The second-order valence-electron chi connectivity index (χ2n) is 7.96. The van der Waals surface area contributed by atoms with E-state index >= 15 is 0 Å². The summed E-state index contributed by atoms with van der Waals surface area (Å²) in [4.78, 5) is 20.4. The Kier molecular flexibility index (Phi) is 16.4. The Morgan fingerprint density at radius 2 is 1.06 bits per heavy atom. The predicted molar refractivity (Wildman–Crippen MR) is 132 cm³/mol. The first-order valence-corrected chi connectivity index (χ1v) is 11.6. The van der Waals surface area contributed by atoms with Crippen molar-refractivity contribution in [3.63, 3.8) is 0 Å². The van der Waals surface area contributed by atoms with Crippen LogP contribution in [0.25, 0.3) is 0 Å². The molecule has 0 aliphatic heterocycles. The third-order valence-corrected chi connectivity index (χ3v) is 5.37. The lowest BCUT2D eigenvalue weighted by molar-refractivity contribution is 0.00420. The number of carbonyl (C=O) groups is 2. The molecule has 6 heteroatoms. The number of aliphatic hydroxyl groups excluding tert-OH is 2. The SMILES string of the molecule is CCCC(C(C)O)C(CCC)C(O)CC.O=C(O)c1ccccc1.O=C(O)c1ccccc1. The number of hydrogen-bond donors (Lipinski definition) is 4. The van der Waals surface area contributed by atoms with Crippen LogP contribution in [0.1, 0.15) is 80.5 Å². The molecular weight excluding hydrogens is 420 g/mol. The molecule has 0 aliphatic carbocycles. The van der Waals surface area contributed by atoms with Crippen LogP contribution in [0.15, 0.2) is 60.7 Å². The summed E-state index contributed by atoms with van der Waals surface area (Å²) in [5, 5.41) is 36.5. The maximum atomic E-state index is 10.2. The smallest absolute Gasteiger partial charge is 0.335 e. The van der Waals surface area contributed by atoms with Gasteiger partial charge in [0.15, 0.2) is 0 Å². The first-order valence-electron chi connectivity index (χ1n) is 11.6. The maximum absolute atomic E-state index is 10.2. The zero-order chi connectivity index (χ0) is 25.2. The average molecular weight is 461 g/mol. The molecule has 33 heavy (non-hydrogen) atoms. The highest BCUT2D eigenvalue weighted by Crippen LogP contribution is 2.29. The van der Waals surface area contributed by atoms with Gasteiger partial charge in [0, 0.05) is 0 Å². The zero-order valence-electron chi connectivity index (χ0n) is 20.2. The topological polar surface area (TPSA) is 115 Å². The number of aliphatic hydroxyl groups is 2. The molecule has 2 aromatic rings. The van der Waals surface area contributed by atoms with Crippen LogP contribution in [0.5, 0.6) is 0 Å². The summed E-state index contributed by atoms with van der Waals surface area (Å²) in [5.74, 6) is -1.24. The molecule has 0 aliphatic rings. The van der Waals surface area contributed by atoms with Crippen LogP contribution in [-0.2, 0) is 0 Å². The van der Waals surface area contributed by atoms with Crippen LogP contribution in [0, 0.1) is 11.8 Å². The minimum atomic E-state index is -0.879. The van der Waals surface area contributed by atoms with E-state index in [4.69, 9.17) is 10.2 Å². The Morgan fingerprint density at radius 3 is 1.30 bits per heavy atom. The number of benzene rings is 2. The molecule has 0 spiro atoms. The van der Waals surface area contributed by atoms with Gasteiger partial charge in [-0.3, -0.25) is 0 Å². The molecule has 4 unspecified atom stereocenters. The van der Waals surface area contributed by atoms with Crippen molar-refractivity contribution in [2.24, 2.45) is 11.8 Å². The molecule has 4 N–H and O–H groups in total. The second kappa shape index (κ2) is 17.8. The van der Waals surface area contributed by atoms with Crippen LogP contribution in [-0.4, -0.2) is 44.6 Å². The average Bonchev–Trinajstić information content (AvgIpc) is 2.82. The van der Waals surface area contributed by atoms with E-state index in [2.05, 4.69) is 13.8 Å². The van der Waals surface area contributed by atoms with Gasteiger partial charge in [-0.2, -0.15) is 0 Å². The van der Waals surface area contributed by atoms with Gasteiger partial charge < -0.3 is 20.4 Å². The number of aromatic carboxylic acids is 2. The summed E-state index contributed by atoms with van der Waals surface area (Å²) < 4.78 is 0. The number of hydrogen-bond acceptors (Lipinski definition) is 4. The van der Waals surface area contributed by atoms with Crippen LogP contribution < -0.4 is 0 Å². The molecule has 0 amide bonds. The summed E-state index contributed by atoms with van der Waals surface area (Å²) >= 11 is 0. The van der Waals surface area contributed by atoms with Crippen LogP contribution >= 0.6 is 0 Å². The molecule has 0 fully saturated rings. The number of carboxylic acid groups (broad SMARTS) is 2. The Balaban J connectivity index is 0.000000489. The van der Waals surface area contributed by atoms with Crippen molar-refractivity contribution >= 4 is 11.9 Å². The van der Waals surface area contributed by atoms with Gasteiger partial charge in [0.25, 0.3) is 0 Å². The minimum Gasteiger partial charge on any atom is -0.478 e. The molecule has 2 aromatic carbocycles. The molecule has 6 nitrogen and oxygen atoms in total. The monoisotopic (exact) mass is 460 g/mol. The number of rotatable bonds is 10. The van der Waals surface area contributed by atoms with Crippen molar-refractivity contribution in [1.29, 1.82) is 0 Å². The maximum Gasteiger partial charge on any atom is 0.335 e. The van der Waals surface area contributed by atoms with Gasteiger partial charge in [-0.1, -0.05) is 70.0 Å². The highest BCUT2D eigenvalue weighted by molar-refractivity contribution is 5.87. The van der Waals surface area contributed by atoms with Crippen LogP contribution in [0.2, 0.25) is 0 Å². The lowest BCUT2D eigenvalue weighted by Gasteiger charge is -2.32. The minimum absolute atomic E-state index is 0.254. The molecule has 0 heterocycles. The largest absolute Gasteiger partial charge is 0.478 e. The molecule has 0 saturated carbocycles. The van der Waals surface area contributed by atoms with E-state index < -0.39 is 11.9 Å². The van der Waals surface area contributed by atoms with Gasteiger partial charge >= 0.3 is 11.9 Å². The Labute approximate surface area is 197 Å². The fraction of sp³-hybridized carbons (Fsp3) is 0.481. The molecular formula is C27H40O6. The summed E-state index contributed by atoms with van der Waals surface area (Å²) in [6.07, 6.45) is 4.42. The lowest BCUT2D eigenvalue weighted by atomic mass is 9.78. The fourth-order valence-corrected chi connectivity index (χ4v) is 3.64. The highest BCUT2D eigenvalue weighted by atomic mass is 16.4. The van der Waals surface area contributed by atoms with E-state index in [9.17, 15) is 19.8 Å². The quantitative estimate of drug-likeness (QED) is 0.359. The van der Waals surface area contributed by atoms with E-state index in [1.54, 1.807) is 60.7 Å². The first kappa shape index (κ1) is 30.3.